The van der Waals surface area contributed by atoms with E-state index < -0.39 is 0 Å². The summed E-state index contributed by atoms with van der Waals surface area (Å²) < 4.78 is 12.1. The van der Waals surface area contributed by atoms with E-state index in [9.17, 15) is 4.79 Å². The highest BCUT2D eigenvalue weighted by Crippen LogP contribution is 2.37. The topological polar surface area (TPSA) is 59.6 Å². The summed E-state index contributed by atoms with van der Waals surface area (Å²) in [6, 6.07) is 13.0. The van der Waals surface area contributed by atoms with Crippen LogP contribution in [0.2, 0.25) is 0 Å². The summed E-state index contributed by atoms with van der Waals surface area (Å²) in [6.07, 6.45) is 3.30. The molecule has 3 aliphatic rings. The Bertz CT molecular complexity index is 926. The number of hydrogen-bond acceptors (Lipinski definition) is 4. The first-order valence-electron chi connectivity index (χ1n) is 10.7. The fraction of sp³-hybridized carbons (Fsp3) is 0.458. The minimum absolute atomic E-state index is 0.00918. The van der Waals surface area contributed by atoms with Crippen molar-refractivity contribution in [1.82, 2.24) is 10.6 Å². The molecule has 152 valence electrons. The molecule has 5 nitrogen and oxygen atoms in total. The van der Waals surface area contributed by atoms with Crippen molar-refractivity contribution in [3.63, 3.8) is 0 Å². The second-order valence-electron chi connectivity index (χ2n) is 8.43. The summed E-state index contributed by atoms with van der Waals surface area (Å²) in [5, 5.41) is 6.47. The summed E-state index contributed by atoms with van der Waals surface area (Å²) in [5.41, 5.74) is 4.45. The minimum atomic E-state index is -0.00918. The lowest BCUT2D eigenvalue weighted by molar-refractivity contribution is 0.0965. The Morgan fingerprint density at radius 2 is 2.07 bits per heavy atom. The molecular weight excluding hydrogens is 364 g/mol. The number of ether oxygens (including phenoxy) is 2. The molecule has 5 rings (SSSR count). The molecule has 29 heavy (non-hydrogen) atoms. The van der Waals surface area contributed by atoms with Crippen LogP contribution < -0.4 is 20.1 Å². The number of carbonyl (C=O) groups excluding carboxylic acids is 1. The Balaban J connectivity index is 1.34. The van der Waals surface area contributed by atoms with Gasteiger partial charge in [0.05, 0.1) is 13.2 Å². The van der Waals surface area contributed by atoms with Crippen LogP contribution in [0.25, 0.3) is 0 Å². The average molecular weight is 392 g/mol. The summed E-state index contributed by atoms with van der Waals surface area (Å²) in [6.45, 7) is 5.31. The monoisotopic (exact) mass is 392 g/mol. The standard InChI is InChI=1S/C24H28N2O3/c1-15-22(14-29-19-7-6-18-13-26-24(27)21(18)12-19)20(8-9-25-15)17-5-4-16-3-2-10-28-23(16)11-17/h4-7,11-12,15,20,22,25H,2-3,8-10,13-14H2,1H3,(H,26,27)/t15-,20+,22-/m1/s1. The van der Waals surface area contributed by atoms with E-state index in [1.807, 2.05) is 18.2 Å². The first-order chi connectivity index (χ1) is 14.2. The number of hydrogen-bond donors (Lipinski definition) is 2. The molecule has 5 heteroatoms. The van der Waals surface area contributed by atoms with Gasteiger partial charge in [-0.3, -0.25) is 4.79 Å². The van der Waals surface area contributed by atoms with Gasteiger partial charge in [-0.1, -0.05) is 18.2 Å². The minimum Gasteiger partial charge on any atom is -0.493 e. The third-order valence-electron chi connectivity index (χ3n) is 6.66. The lowest BCUT2D eigenvalue weighted by Gasteiger charge is -2.38. The molecule has 1 saturated heterocycles. The highest BCUT2D eigenvalue weighted by atomic mass is 16.5. The maximum absolute atomic E-state index is 11.9. The van der Waals surface area contributed by atoms with Crippen LogP contribution in [-0.4, -0.2) is 31.7 Å². The fourth-order valence-corrected chi connectivity index (χ4v) is 4.92. The van der Waals surface area contributed by atoms with Crippen LogP contribution in [0, 0.1) is 5.92 Å². The quantitative estimate of drug-likeness (QED) is 0.837. The van der Waals surface area contributed by atoms with Crippen LogP contribution in [0.5, 0.6) is 11.5 Å². The molecule has 0 saturated carbocycles. The van der Waals surface area contributed by atoms with Crippen molar-refractivity contribution in [3.05, 3.63) is 58.7 Å². The van der Waals surface area contributed by atoms with E-state index in [4.69, 9.17) is 9.47 Å². The fourth-order valence-electron chi connectivity index (χ4n) is 4.92. The first-order valence-corrected chi connectivity index (χ1v) is 10.7. The van der Waals surface area contributed by atoms with E-state index in [1.165, 1.54) is 11.1 Å². The van der Waals surface area contributed by atoms with E-state index in [2.05, 4.69) is 35.8 Å². The Morgan fingerprint density at radius 3 is 3.00 bits per heavy atom. The van der Waals surface area contributed by atoms with Crippen molar-refractivity contribution in [1.29, 1.82) is 0 Å². The lowest BCUT2D eigenvalue weighted by atomic mass is 9.77. The van der Waals surface area contributed by atoms with Crippen molar-refractivity contribution in [2.75, 3.05) is 19.8 Å². The molecule has 3 heterocycles. The number of amides is 1. The highest BCUT2D eigenvalue weighted by molar-refractivity contribution is 5.98. The number of rotatable bonds is 4. The number of piperidine rings is 1. The number of nitrogens with one attached hydrogen (secondary N) is 2. The van der Waals surface area contributed by atoms with Crippen LogP contribution in [0.4, 0.5) is 0 Å². The predicted molar refractivity (Wildman–Crippen MR) is 112 cm³/mol. The van der Waals surface area contributed by atoms with Gasteiger partial charge in [-0.25, -0.2) is 0 Å². The molecule has 3 atom stereocenters. The smallest absolute Gasteiger partial charge is 0.252 e. The average Bonchev–Trinajstić information content (AvgIpc) is 3.12. The molecule has 1 amide bonds. The van der Waals surface area contributed by atoms with Crippen molar-refractivity contribution in [2.45, 2.75) is 44.7 Å². The molecule has 3 aliphatic heterocycles. The second kappa shape index (κ2) is 7.71. The summed E-state index contributed by atoms with van der Waals surface area (Å²) in [7, 11) is 0. The van der Waals surface area contributed by atoms with Gasteiger partial charge in [-0.05, 0) is 73.5 Å². The van der Waals surface area contributed by atoms with E-state index in [1.54, 1.807) is 0 Å². The summed E-state index contributed by atoms with van der Waals surface area (Å²) >= 11 is 0. The number of carbonyl (C=O) groups is 1. The van der Waals surface area contributed by atoms with E-state index in [0.717, 1.165) is 55.0 Å². The van der Waals surface area contributed by atoms with Gasteiger partial charge >= 0.3 is 0 Å². The van der Waals surface area contributed by atoms with Crippen molar-refractivity contribution < 1.29 is 14.3 Å². The largest absolute Gasteiger partial charge is 0.493 e. The second-order valence-corrected chi connectivity index (χ2v) is 8.43. The molecule has 0 bridgehead atoms. The summed E-state index contributed by atoms with van der Waals surface area (Å²) in [5.74, 6) is 2.60. The van der Waals surface area contributed by atoms with E-state index >= 15 is 0 Å². The van der Waals surface area contributed by atoms with Crippen LogP contribution >= 0.6 is 0 Å². The Kier molecular flexibility index (Phi) is 4.92. The lowest BCUT2D eigenvalue weighted by Crippen LogP contribution is -2.45. The van der Waals surface area contributed by atoms with Gasteiger partial charge in [0.1, 0.15) is 11.5 Å². The van der Waals surface area contributed by atoms with Gasteiger partial charge < -0.3 is 20.1 Å². The molecule has 2 aromatic carbocycles. The summed E-state index contributed by atoms with van der Waals surface area (Å²) in [4.78, 5) is 11.9. The zero-order chi connectivity index (χ0) is 19.8. The molecule has 2 aromatic rings. The third-order valence-corrected chi connectivity index (χ3v) is 6.66. The van der Waals surface area contributed by atoms with Gasteiger partial charge in [0.2, 0.25) is 0 Å². The number of benzene rings is 2. The van der Waals surface area contributed by atoms with Crippen molar-refractivity contribution >= 4 is 5.91 Å². The molecule has 0 radical (unpaired) electrons. The molecule has 0 spiro atoms. The molecule has 0 unspecified atom stereocenters. The zero-order valence-corrected chi connectivity index (χ0v) is 16.9. The molecule has 0 aliphatic carbocycles. The van der Waals surface area contributed by atoms with Crippen molar-refractivity contribution in [2.24, 2.45) is 5.92 Å². The maximum atomic E-state index is 11.9. The highest BCUT2D eigenvalue weighted by Gasteiger charge is 2.33. The number of fused-ring (bicyclic) bond motifs is 2. The Labute approximate surface area is 171 Å². The Morgan fingerprint density at radius 1 is 1.17 bits per heavy atom. The Hall–Kier alpha value is -2.53. The predicted octanol–water partition coefficient (Wildman–Crippen LogP) is 3.42. The molecule has 2 N–H and O–H groups in total. The van der Waals surface area contributed by atoms with Gasteiger partial charge in [-0.2, -0.15) is 0 Å². The number of aryl methyl sites for hydroxylation is 1. The molecule has 0 aromatic heterocycles. The van der Waals surface area contributed by atoms with Crippen LogP contribution in [0.1, 0.15) is 52.7 Å². The zero-order valence-electron chi connectivity index (χ0n) is 16.9. The first kappa shape index (κ1) is 18.5. The van der Waals surface area contributed by atoms with Gasteiger partial charge in [0, 0.05) is 24.1 Å². The van der Waals surface area contributed by atoms with E-state index in [0.29, 0.717) is 31.0 Å². The maximum Gasteiger partial charge on any atom is 0.252 e. The normalized spacial score (nSPS) is 25.6. The molecule has 1 fully saturated rings. The van der Waals surface area contributed by atoms with E-state index in [-0.39, 0.29) is 5.91 Å². The SMILES string of the molecule is C[C@H]1NCC[C@@H](c2ccc3c(c2)OCCC3)[C@@H]1COc1ccc2c(c1)C(=O)NC2. The van der Waals surface area contributed by atoms with Gasteiger partial charge in [0.15, 0.2) is 0 Å². The van der Waals surface area contributed by atoms with Crippen LogP contribution in [0.3, 0.4) is 0 Å². The van der Waals surface area contributed by atoms with Crippen LogP contribution in [0.15, 0.2) is 36.4 Å². The van der Waals surface area contributed by atoms with Gasteiger partial charge in [0.25, 0.3) is 5.91 Å². The third kappa shape index (κ3) is 3.60. The van der Waals surface area contributed by atoms with Gasteiger partial charge in [-0.15, -0.1) is 0 Å². The molecular formula is C24H28N2O3. The van der Waals surface area contributed by atoms with Crippen molar-refractivity contribution in [3.8, 4) is 11.5 Å². The van der Waals surface area contributed by atoms with Crippen LogP contribution in [-0.2, 0) is 13.0 Å².